The van der Waals surface area contributed by atoms with Gasteiger partial charge in [-0.2, -0.15) is 0 Å². The maximum atomic E-state index is 12.0. The molecule has 2 aliphatic carbocycles. The minimum atomic E-state index is -0.785. The molecule has 4 unspecified atom stereocenters. The fraction of sp³-hybridized carbons (Fsp3) is 0.875. The van der Waals surface area contributed by atoms with E-state index in [1.807, 2.05) is 0 Å². The van der Waals surface area contributed by atoms with Crippen molar-refractivity contribution in [3.8, 4) is 0 Å². The molecule has 2 rings (SSSR count). The van der Waals surface area contributed by atoms with Gasteiger partial charge >= 0.3 is 12.0 Å². The van der Waals surface area contributed by atoms with Crippen molar-refractivity contribution in [3.63, 3.8) is 0 Å². The van der Waals surface area contributed by atoms with Gasteiger partial charge in [-0.3, -0.25) is 4.79 Å². The van der Waals surface area contributed by atoms with Gasteiger partial charge in [-0.05, 0) is 37.5 Å². The normalized spacial score (nSPS) is 33.2. The number of carbonyl (C=O) groups is 2. The van der Waals surface area contributed by atoms with E-state index in [9.17, 15) is 14.7 Å². The lowest BCUT2D eigenvalue weighted by Gasteiger charge is -2.23. The summed E-state index contributed by atoms with van der Waals surface area (Å²) in [6.45, 7) is 2.96. The zero-order chi connectivity index (χ0) is 15.2. The molecule has 0 aromatic rings. The second-order valence-corrected chi connectivity index (χ2v) is 6.83. The summed E-state index contributed by atoms with van der Waals surface area (Å²) in [7, 11) is 0. The molecule has 5 nitrogen and oxygen atoms in total. The van der Waals surface area contributed by atoms with Crippen molar-refractivity contribution >= 4 is 12.0 Å². The highest BCUT2D eigenvalue weighted by atomic mass is 16.4. The number of rotatable bonds is 4. The average Bonchev–Trinajstić information content (AvgIpc) is 2.70. The zero-order valence-electron chi connectivity index (χ0n) is 12.9. The first-order valence-electron chi connectivity index (χ1n) is 8.33. The van der Waals surface area contributed by atoms with E-state index >= 15 is 0 Å². The Morgan fingerprint density at radius 2 is 1.86 bits per heavy atom. The molecule has 0 radical (unpaired) electrons. The summed E-state index contributed by atoms with van der Waals surface area (Å²) in [5.41, 5.74) is 0. The van der Waals surface area contributed by atoms with Gasteiger partial charge in [-0.1, -0.05) is 32.6 Å². The van der Waals surface area contributed by atoms with E-state index in [1.165, 1.54) is 19.3 Å². The number of carbonyl (C=O) groups excluding carboxylic acids is 1. The van der Waals surface area contributed by atoms with E-state index in [4.69, 9.17) is 0 Å². The second-order valence-electron chi connectivity index (χ2n) is 6.83. The maximum absolute atomic E-state index is 12.0. The highest BCUT2D eigenvalue weighted by Crippen LogP contribution is 2.29. The maximum Gasteiger partial charge on any atom is 0.315 e. The van der Waals surface area contributed by atoms with Crippen molar-refractivity contribution in [2.75, 3.05) is 6.54 Å². The molecular weight excluding hydrogens is 268 g/mol. The lowest BCUT2D eigenvalue weighted by molar-refractivity contribution is -0.142. The molecule has 2 aliphatic rings. The number of carboxylic acid groups (broad SMARTS) is 1. The molecular formula is C16H28N2O3. The molecule has 5 heteroatoms. The fourth-order valence-electron chi connectivity index (χ4n) is 3.74. The Bertz CT molecular complexity index is 373. The largest absolute Gasteiger partial charge is 0.481 e. The van der Waals surface area contributed by atoms with E-state index in [-0.39, 0.29) is 12.1 Å². The van der Waals surface area contributed by atoms with Crippen molar-refractivity contribution < 1.29 is 14.7 Å². The van der Waals surface area contributed by atoms with Crippen LogP contribution in [0.3, 0.4) is 0 Å². The third kappa shape index (κ3) is 4.90. The van der Waals surface area contributed by atoms with Crippen molar-refractivity contribution in [1.29, 1.82) is 0 Å². The number of urea groups is 1. The summed E-state index contributed by atoms with van der Waals surface area (Å²) in [6, 6.07) is -0.430. The van der Waals surface area contributed by atoms with Crippen molar-refractivity contribution in [1.82, 2.24) is 10.6 Å². The Hall–Kier alpha value is -1.26. The van der Waals surface area contributed by atoms with Crippen LogP contribution in [-0.4, -0.2) is 29.7 Å². The molecule has 2 fully saturated rings. The Morgan fingerprint density at radius 3 is 2.52 bits per heavy atom. The summed E-state index contributed by atoms with van der Waals surface area (Å²) in [5.74, 6) is 0.116. The molecule has 21 heavy (non-hydrogen) atoms. The fourth-order valence-corrected chi connectivity index (χ4v) is 3.74. The third-order valence-electron chi connectivity index (χ3n) is 5.00. The standard InChI is InChI=1S/C16H28N2O3/c1-11-7-8-12(9-11)10-17-16(21)18-14-6-4-2-3-5-13(14)15(19)20/h11-14H,2-10H2,1H3,(H,19,20)(H2,17,18,21). The molecule has 0 aromatic carbocycles. The second kappa shape index (κ2) is 7.66. The SMILES string of the molecule is CC1CCC(CNC(=O)NC2CCCCCC2C(=O)O)C1. The van der Waals surface area contributed by atoms with Gasteiger partial charge in [0.2, 0.25) is 0 Å². The average molecular weight is 296 g/mol. The van der Waals surface area contributed by atoms with Crippen LogP contribution in [0.2, 0.25) is 0 Å². The Kier molecular flexibility index (Phi) is 5.88. The van der Waals surface area contributed by atoms with E-state index in [0.717, 1.165) is 31.6 Å². The first-order valence-corrected chi connectivity index (χ1v) is 8.33. The van der Waals surface area contributed by atoms with Crippen LogP contribution in [0.4, 0.5) is 4.79 Å². The van der Waals surface area contributed by atoms with Crippen LogP contribution in [0.5, 0.6) is 0 Å². The minimum absolute atomic E-state index is 0.201. The molecule has 0 aromatic heterocycles. The summed E-state index contributed by atoms with van der Waals surface area (Å²) in [5, 5.41) is 15.1. The van der Waals surface area contributed by atoms with Crippen LogP contribution >= 0.6 is 0 Å². The van der Waals surface area contributed by atoms with Gasteiger partial charge in [-0.25, -0.2) is 4.79 Å². The Balaban J connectivity index is 1.78. The summed E-state index contributed by atoms with van der Waals surface area (Å²) < 4.78 is 0. The highest BCUT2D eigenvalue weighted by molar-refractivity contribution is 5.76. The summed E-state index contributed by atoms with van der Waals surface area (Å²) in [6.07, 6.45) is 8.04. The van der Waals surface area contributed by atoms with E-state index in [0.29, 0.717) is 18.9 Å². The van der Waals surface area contributed by atoms with Crippen LogP contribution in [0, 0.1) is 17.8 Å². The van der Waals surface area contributed by atoms with Gasteiger partial charge in [0.25, 0.3) is 0 Å². The third-order valence-corrected chi connectivity index (χ3v) is 5.00. The smallest absolute Gasteiger partial charge is 0.315 e. The molecule has 0 spiro atoms. The number of nitrogens with one attached hydrogen (secondary N) is 2. The quantitative estimate of drug-likeness (QED) is 0.698. The lowest BCUT2D eigenvalue weighted by atomic mass is 9.95. The van der Waals surface area contributed by atoms with E-state index in [1.54, 1.807) is 0 Å². The first-order chi connectivity index (χ1) is 10.1. The summed E-state index contributed by atoms with van der Waals surface area (Å²) in [4.78, 5) is 23.3. The van der Waals surface area contributed by atoms with Crippen LogP contribution in [-0.2, 0) is 4.79 Å². The summed E-state index contributed by atoms with van der Waals surface area (Å²) >= 11 is 0. The first kappa shape index (κ1) is 16.1. The van der Waals surface area contributed by atoms with Crippen LogP contribution in [0.15, 0.2) is 0 Å². The predicted molar refractivity (Wildman–Crippen MR) is 81.0 cm³/mol. The Labute approximate surface area is 126 Å². The number of hydrogen-bond acceptors (Lipinski definition) is 2. The van der Waals surface area contributed by atoms with Gasteiger partial charge in [0.05, 0.1) is 5.92 Å². The molecule has 0 heterocycles. The van der Waals surface area contributed by atoms with E-state index in [2.05, 4.69) is 17.6 Å². The highest BCUT2D eigenvalue weighted by Gasteiger charge is 2.30. The van der Waals surface area contributed by atoms with Crippen molar-refractivity contribution in [2.45, 2.75) is 64.3 Å². The number of carboxylic acids is 1. The molecule has 4 atom stereocenters. The van der Waals surface area contributed by atoms with Gasteiger partial charge in [0, 0.05) is 12.6 Å². The molecule has 0 saturated heterocycles. The van der Waals surface area contributed by atoms with Crippen molar-refractivity contribution in [2.24, 2.45) is 17.8 Å². The predicted octanol–water partition coefficient (Wildman–Crippen LogP) is 2.76. The van der Waals surface area contributed by atoms with Gasteiger partial charge in [0.1, 0.15) is 0 Å². The minimum Gasteiger partial charge on any atom is -0.481 e. The van der Waals surface area contributed by atoms with Crippen LogP contribution in [0.25, 0.3) is 0 Å². The molecule has 120 valence electrons. The van der Waals surface area contributed by atoms with E-state index < -0.39 is 11.9 Å². The zero-order valence-corrected chi connectivity index (χ0v) is 12.9. The molecule has 3 N–H and O–H groups in total. The number of amides is 2. The molecule has 0 aliphatic heterocycles. The van der Waals surface area contributed by atoms with Gasteiger partial charge < -0.3 is 15.7 Å². The van der Waals surface area contributed by atoms with Gasteiger partial charge in [-0.15, -0.1) is 0 Å². The molecule has 0 bridgehead atoms. The van der Waals surface area contributed by atoms with Gasteiger partial charge in [0.15, 0.2) is 0 Å². The lowest BCUT2D eigenvalue weighted by Crippen LogP contribution is -2.48. The van der Waals surface area contributed by atoms with Crippen LogP contribution < -0.4 is 10.6 Å². The number of aliphatic carboxylic acids is 1. The molecule has 2 amide bonds. The number of hydrogen-bond donors (Lipinski definition) is 3. The monoisotopic (exact) mass is 296 g/mol. The van der Waals surface area contributed by atoms with Crippen molar-refractivity contribution in [3.05, 3.63) is 0 Å². The Morgan fingerprint density at radius 1 is 1.10 bits per heavy atom. The topological polar surface area (TPSA) is 78.4 Å². The molecule has 2 saturated carbocycles. The van der Waals surface area contributed by atoms with Crippen LogP contribution in [0.1, 0.15) is 58.3 Å².